The lowest BCUT2D eigenvalue weighted by atomic mass is 10.1. The first-order valence-electron chi connectivity index (χ1n) is 7.99. The highest BCUT2D eigenvalue weighted by atomic mass is 32.2. The van der Waals surface area contributed by atoms with Crippen molar-refractivity contribution in [2.45, 2.75) is 11.1 Å². The first kappa shape index (κ1) is 17.3. The topological polar surface area (TPSA) is 64.9 Å². The first-order chi connectivity index (χ1) is 13.0. The number of nitrogens with zero attached hydrogens (tertiary/aromatic N) is 2. The summed E-state index contributed by atoms with van der Waals surface area (Å²) in [7, 11) is 0. The summed E-state index contributed by atoms with van der Waals surface area (Å²) in [5, 5.41) is 13.4. The maximum atomic E-state index is 13.9. The summed E-state index contributed by atoms with van der Waals surface area (Å²) in [4.78, 5) is 14.1. The average Bonchev–Trinajstić information content (AvgIpc) is 3.07. The highest BCUT2D eigenvalue weighted by Gasteiger charge is 2.29. The molecule has 2 aliphatic rings. The van der Waals surface area contributed by atoms with E-state index in [4.69, 9.17) is 0 Å². The number of benzene rings is 2. The number of hydrogen-bond acceptors (Lipinski definition) is 5. The molecule has 2 aromatic rings. The third-order valence-corrected chi connectivity index (χ3v) is 5.11. The molecule has 0 fully saturated rings. The third kappa shape index (κ3) is 3.43. The summed E-state index contributed by atoms with van der Waals surface area (Å²) in [6.45, 7) is 0. The van der Waals surface area contributed by atoms with E-state index in [2.05, 4.69) is 10.5 Å². The van der Waals surface area contributed by atoms with Gasteiger partial charge in [0.2, 0.25) is 0 Å². The Labute approximate surface area is 157 Å². The number of amidine groups is 1. The van der Waals surface area contributed by atoms with Gasteiger partial charge in [0.25, 0.3) is 0 Å². The minimum Gasteiger partial charge on any atom is -0.478 e. The largest absolute Gasteiger partial charge is 0.478 e. The summed E-state index contributed by atoms with van der Waals surface area (Å²) in [6.07, 6.45) is 4.99. The molecule has 8 heteroatoms. The molecule has 4 rings (SSSR count). The molecule has 2 heterocycles. The molecule has 0 bridgehead atoms. The van der Waals surface area contributed by atoms with Gasteiger partial charge < -0.3 is 10.0 Å². The molecule has 0 aliphatic carbocycles. The summed E-state index contributed by atoms with van der Waals surface area (Å²) >= 11 is 1.17. The lowest BCUT2D eigenvalue weighted by Crippen LogP contribution is -2.29. The van der Waals surface area contributed by atoms with Crippen LogP contribution in [0.2, 0.25) is 0 Å². The fraction of sp³-hybridized carbons (Fsp3) is 0.0526. The van der Waals surface area contributed by atoms with Crippen LogP contribution >= 0.6 is 11.8 Å². The Hall–Kier alpha value is -3.13. The van der Waals surface area contributed by atoms with Crippen molar-refractivity contribution in [3.8, 4) is 0 Å². The second-order valence-electron chi connectivity index (χ2n) is 5.88. The van der Waals surface area contributed by atoms with E-state index in [0.29, 0.717) is 10.7 Å². The number of nitrogens with one attached hydrogen (secondary N) is 1. The van der Waals surface area contributed by atoms with E-state index in [-0.39, 0.29) is 11.7 Å². The second-order valence-corrected chi connectivity index (χ2v) is 7.00. The zero-order chi connectivity index (χ0) is 19.0. The molecule has 2 N–H and O–H groups in total. The summed E-state index contributed by atoms with van der Waals surface area (Å²) < 4.78 is 27.0. The summed E-state index contributed by atoms with van der Waals surface area (Å²) in [5.41, 5.74) is 3.89. The molecule has 0 aromatic heterocycles. The standard InChI is InChI=1S/C19H13F2N3O2S/c20-13-4-6-16(15(21)9-13)27-14-5-7-17-22-23-18(24(17)10-14)11-2-1-3-12(8-11)19(25)26/h1-10,18,23H,(H,25,26). The van der Waals surface area contributed by atoms with Gasteiger partial charge in [-0.3, -0.25) is 5.43 Å². The number of carboxylic acids is 1. The van der Waals surface area contributed by atoms with E-state index in [1.807, 2.05) is 4.90 Å². The number of hydrogen-bond donors (Lipinski definition) is 2. The Balaban J connectivity index is 1.60. The molecule has 5 nitrogen and oxygen atoms in total. The van der Waals surface area contributed by atoms with Crippen molar-refractivity contribution < 1.29 is 18.7 Å². The summed E-state index contributed by atoms with van der Waals surface area (Å²) in [6, 6.07) is 10.0. The molecule has 1 unspecified atom stereocenters. The normalized spacial score (nSPS) is 17.9. The van der Waals surface area contributed by atoms with Gasteiger partial charge in [-0.2, -0.15) is 5.10 Å². The SMILES string of the molecule is O=C(O)c1cccc(C2NN=C3C=CC(Sc4ccc(F)cc4F)=CN32)c1. The molecule has 27 heavy (non-hydrogen) atoms. The van der Waals surface area contributed by atoms with Crippen molar-refractivity contribution in [1.82, 2.24) is 10.3 Å². The lowest BCUT2D eigenvalue weighted by Gasteiger charge is -2.26. The molecule has 2 aromatic carbocycles. The van der Waals surface area contributed by atoms with Crippen LogP contribution in [0.4, 0.5) is 8.78 Å². The van der Waals surface area contributed by atoms with Crippen LogP contribution in [0.1, 0.15) is 22.1 Å². The van der Waals surface area contributed by atoms with E-state index in [1.165, 1.54) is 30.0 Å². The Bertz CT molecular complexity index is 1020. The minimum absolute atomic E-state index is 0.183. The Morgan fingerprint density at radius 3 is 2.81 bits per heavy atom. The number of carboxylic acid groups (broad SMARTS) is 1. The number of aromatic carboxylic acids is 1. The second kappa shape index (κ2) is 6.88. The fourth-order valence-corrected chi connectivity index (χ4v) is 3.65. The quantitative estimate of drug-likeness (QED) is 0.830. The number of rotatable bonds is 4. The smallest absolute Gasteiger partial charge is 0.335 e. The van der Waals surface area contributed by atoms with Crippen molar-refractivity contribution in [3.05, 3.63) is 88.5 Å². The zero-order valence-corrected chi connectivity index (χ0v) is 14.6. The number of carbonyl (C=O) groups is 1. The molecule has 2 aliphatic heterocycles. The molecule has 1 atom stereocenters. The van der Waals surface area contributed by atoms with Crippen LogP contribution in [0.3, 0.4) is 0 Å². The fourth-order valence-electron chi connectivity index (χ4n) is 2.80. The minimum atomic E-state index is -1.01. The van der Waals surface area contributed by atoms with Gasteiger partial charge in [-0.25, -0.2) is 13.6 Å². The average molecular weight is 385 g/mol. The van der Waals surface area contributed by atoms with Gasteiger partial charge in [-0.1, -0.05) is 23.9 Å². The monoisotopic (exact) mass is 385 g/mol. The van der Waals surface area contributed by atoms with Crippen LogP contribution in [-0.2, 0) is 0 Å². The van der Waals surface area contributed by atoms with Gasteiger partial charge >= 0.3 is 5.97 Å². The van der Waals surface area contributed by atoms with Gasteiger partial charge in [0, 0.05) is 22.1 Å². The Morgan fingerprint density at radius 2 is 2.04 bits per heavy atom. The number of halogens is 2. The van der Waals surface area contributed by atoms with Crippen LogP contribution in [0.15, 0.2) is 75.7 Å². The van der Waals surface area contributed by atoms with E-state index >= 15 is 0 Å². The molecule has 0 saturated carbocycles. The molecular formula is C19H13F2N3O2S. The van der Waals surface area contributed by atoms with Crippen LogP contribution in [-0.4, -0.2) is 21.8 Å². The van der Waals surface area contributed by atoms with Gasteiger partial charge in [0.15, 0.2) is 5.84 Å². The van der Waals surface area contributed by atoms with Crippen molar-refractivity contribution in [2.75, 3.05) is 0 Å². The van der Waals surface area contributed by atoms with E-state index in [9.17, 15) is 18.7 Å². The highest BCUT2D eigenvalue weighted by Crippen LogP contribution is 2.35. The Morgan fingerprint density at radius 1 is 1.19 bits per heavy atom. The van der Waals surface area contributed by atoms with Gasteiger partial charge in [-0.15, -0.1) is 0 Å². The van der Waals surface area contributed by atoms with E-state index < -0.39 is 17.6 Å². The number of allylic oxidation sites excluding steroid dienone is 1. The van der Waals surface area contributed by atoms with E-state index in [0.717, 1.165) is 16.5 Å². The molecule has 136 valence electrons. The maximum absolute atomic E-state index is 13.9. The predicted octanol–water partition coefficient (Wildman–Crippen LogP) is 4.08. The maximum Gasteiger partial charge on any atom is 0.335 e. The van der Waals surface area contributed by atoms with Crippen LogP contribution in [0.5, 0.6) is 0 Å². The third-order valence-electron chi connectivity index (χ3n) is 4.08. The van der Waals surface area contributed by atoms with Gasteiger partial charge in [-0.05, 0) is 42.0 Å². The van der Waals surface area contributed by atoms with Crippen molar-refractivity contribution in [1.29, 1.82) is 0 Å². The van der Waals surface area contributed by atoms with Crippen molar-refractivity contribution >= 4 is 23.6 Å². The lowest BCUT2D eigenvalue weighted by molar-refractivity contribution is 0.0696. The van der Waals surface area contributed by atoms with Crippen LogP contribution in [0.25, 0.3) is 0 Å². The van der Waals surface area contributed by atoms with Crippen LogP contribution < -0.4 is 5.43 Å². The number of thioether (sulfide) groups is 1. The molecule has 0 radical (unpaired) electrons. The molecule has 0 saturated heterocycles. The van der Waals surface area contributed by atoms with Gasteiger partial charge in [0.1, 0.15) is 17.8 Å². The van der Waals surface area contributed by atoms with Crippen molar-refractivity contribution in [3.63, 3.8) is 0 Å². The van der Waals surface area contributed by atoms with Crippen molar-refractivity contribution in [2.24, 2.45) is 5.10 Å². The van der Waals surface area contributed by atoms with Gasteiger partial charge in [0.05, 0.1) is 5.56 Å². The predicted molar refractivity (Wildman–Crippen MR) is 98.0 cm³/mol. The Kier molecular flexibility index (Phi) is 4.41. The van der Waals surface area contributed by atoms with Crippen LogP contribution in [0, 0.1) is 11.6 Å². The van der Waals surface area contributed by atoms with E-state index in [1.54, 1.807) is 36.6 Å². The summed E-state index contributed by atoms with van der Waals surface area (Å²) in [5.74, 6) is -1.60. The highest BCUT2D eigenvalue weighted by molar-refractivity contribution is 8.03. The number of hydrazone groups is 1. The molecular weight excluding hydrogens is 372 g/mol. The molecule has 0 spiro atoms. The molecule has 0 amide bonds. The number of fused-ring (bicyclic) bond motifs is 1. The zero-order valence-electron chi connectivity index (χ0n) is 13.8. The first-order valence-corrected chi connectivity index (χ1v) is 8.80.